The van der Waals surface area contributed by atoms with Crippen molar-refractivity contribution in [3.05, 3.63) is 279 Å². The second-order valence-corrected chi connectivity index (χ2v) is 20.6. The van der Waals surface area contributed by atoms with Crippen LogP contribution in [0.2, 0.25) is 0 Å². The maximum absolute atomic E-state index is 6.42. The zero-order valence-electron chi connectivity index (χ0n) is 42.0. The molecule has 0 aliphatic rings. The molecule has 1 heteroatoms. The molecule has 0 radical (unpaired) electrons. The summed E-state index contributed by atoms with van der Waals surface area (Å²) in [4.78, 5) is 0. The van der Waals surface area contributed by atoms with E-state index in [9.17, 15) is 0 Å². The summed E-state index contributed by atoms with van der Waals surface area (Å²) in [5, 5.41) is 19.6. The Balaban J connectivity index is 0.789. The standard InChI is InChI=1S/C76H46O/c1-2-20-58-49(16-1)17-14-30-59(58)74-64-25-7-3-21-60(64)72(61-22-4-8-26-65(61)74)54-19-13-18-50(42-54)51-38-34-47-35-39-52(44-56(47)43-51)53-40-36-48-37-41-55(46-57(48)45-53)73-62-23-5-9-27-66(62)75(67-28-10-6-24-63(67)73)69-31-15-33-71-76(69)68-29-11-12-32-70(68)77-71/h1-46H. The molecule has 0 saturated heterocycles. The summed E-state index contributed by atoms with van der Waals surface area (Å²) in [6, 6.07) is 103. The predicted octanol–water partition coefficient (Wildman–Crippen LogP) is 21.7. The van der Waals surface area contributed by atoms with Crippen LogP contribution in [0.15, 0.2) is 283 Å². The molecule has 0 saturated carbocycles. The molecule has 0 aliphatic heterocycles. The first-order valence-electron chi connectivity index (χ1n) is 26.6. The van der Waals surface area contributed by atoms with Gasteiger partial charge >= 0.3 is 0 Å². The van der Waals surface area contributed by atoms with Crippen molar-refractivity contribution in [1.29, 1.82) is 0 Å². The monoisotopic (exact) mass is 974 g/mol. The summed E-state index contributed by atoms with van der Waals surface area (Å²) in [5.41, 5.74) is 16.5. The van der Waals surface area contributed by atoms with E-state index in [-0.39, 0.29) is 0 Å². The first-order valence-corrected chi connectivity index (χ1v) is 26.6. The molecular weight excluding hydrogens is 929 g/mol. The van der Waals surface area contributed by atoms with Gasteiger partial charge in [-0.05, 0) is 185 Å². The summed E-state index contributed by atoms with van der Waals surface area (Å²) < 4.78 is 6.42. The quantitative estimate of drug-likeness (QED) is 0.151. The second-order valence-electron chi connectivity index (χ2n) is 20.6. The van der Waals surface area contributed by atoms with Gasteiger partial charge in [-0.15, -0.1) is 0 Å². The Bertz CT molecular complexity index is 4990. The van der Waals surface area contributed by atoms with E-state index in [1.165, 1.54) is 142 Å². The van der Waals surface area contributed by atoms with Crippen molar-refractivity contribution in [2.45, 2.75) is 0 Å². The third-order valence-electron chi connectivity index (χ3n) is 16.4. The van der Waals surface area contributed by atoms with Crippen LogP contribution in [0.4, 0.5) is 0 Å². The van der Waals surface area contributed by atoms with Crippen molar-refractivity contribution in [1.82, 2.24) is 0 Å². The fourth-order valence-corrected chi connectivity index (χ4v) is 12.9. The van der Waals surface area contributed by atoms with Crippen LogP contribution >= 0.6 is 0 Å². The summed E-state index contributed by atoms with van der Waals surface area (Å²) in [5.74, 6) is 0. The van der Waals surface area contributed by atoms with E-state index >= 15 is 0 Å². The van der Waals surface area contributed by atoms with Gasteiger partial charge in [-0.2, -0.15) is 0 Å². The highest BCUT2D eigenvalue weighted by Crippen LogP contribution is 2.49. The number of hydrogen-bond donors (Lipinski definition) is 0. The van der Waals surface area contributed by atoms with E-state index in [1.54, 1.807) is 0 Å². The molecule has 0 N–H and O–H groups in total. The van der Waals surface area contributed by atoms with Gasteiger partial charge in [-0.25, -0.2) is 0 Å². The van der Waals surface area contributed by atoms with E-state index in [4.69, 9.17) is 4.42 Å². The van der Waals surface area contributed by atoms with Crippen molar-refractivity contribution in [3.63, 3.8) is 0 Å². The zero-order valence-corrected chi connectivity index (χ0v) is 42.0. The van der Waals surface area contributed by atoms with Crippen LogP contribution in [0, 0.1) is 0 Å². The topological polar surface area (TPSA) is 13.1 Å². The number of benzene rings is 15. The molecule has 0 aliphatic carbocycles. The minimum absolute atomic E-state index is 0.905. The van der Waals surface area contributed by atoms with E-state index in [2.05, 4.69) is 273 Å². The highest BCUT2D eigenvalue weighted by Gasteiger charge is 2.22. The van der Waals surface area contributed by atoms with Gasteiger partial charge < -0.3 is 4.42 Å². The Morgan fingerprint density at radius 3 is 1.09 bits per heavy atom. The lowest BCUT2D eigenvalue weighted by Crippen LogP contribution is -1.92. The Kier molecular flexibility index (Phi) is 9.71. The molecule has 0 unspecified atom stereocenters. The second kappa shape index (κ2) is 17.2. The molecule has 1 aromatic heterocycles. The van der Waals surface area contributed by atoms with E-state index in [0.29, 0.717) is 0 Å². The van der Waals surface area contributed by atoms with E-state index in [1.807, 2.05) is 6.07 Å². The molecule has 16 rings (SSSR count). The molecule has 0 atom stereocenters. The van der Waals surface area contributed by atoms with Gasteiger partial charge in [0.2, 0.25) is 0 Å². The molecule has 77 heavy (non-hydrogen) atoms. The Hall–Kier alpha value is -10.1. The highest BCUT2D eigenvalue weighted by molar-refractivity contribution is 6.27. The summed E-state index contributed by atoms with van der Waals surface area (Å²) in [6.07, 6.45) is 0. The SMILES string of the molecule is c1cc(-c2ccc3ccc(-c4ccc5ccc(-c6c7ccccc7c(-c7cccc8oc9ccccc9c78)c7ccccc67)cc5c4)cc3c2)cc(-c2c3ccccc3c(-c3cccc4ccccc34)c3ccccc23)c1. The maximum Gasteiger partial charge on any atom is 0.136 e. The van der Waals surface area contributed by atoms with Crippen LogP contribution in [0.5, 0.6) is 0 Å². The normalized spacial score (nSPS) is 11.9. The van der Waals surface area contributed by atoms with Gasteiger partial charge in [-0.1, -0.05) is 237 Å². The number of rotatable bonds is 6. The van der Waals surface area contributed by atoms with Gasteiger partial charge in [0.05, 0.1) is 0 Å². The number of hydrogen-bond acceptors (Lipinski definition) is 1. The molecule has 1 heterocycles. The lowest BCUT2D eigenvalue weighted by atomic mass is 9.84. The molecule has 0 fully saturated rings. The molecule has 0 amide bonds. The smallest absolute Gasteiger partial charge is 0.136 e. The minimum atomic E-state index is 0.905. The van der Waals surface area contributed by atoms with Crippen molar-refractivity contribution in [2.75, 3.05) is 0 Å². The largest absolute Gasteiger partial charge is 0.456 e. The van der Waals surface area contributed by atoms with Crippen LogP contribution in [-0.4, -0.2) is 0 Å². The summed E-state index contributed by atoms with van der Waals surface area (Å²) in [7, 11) is 0. The third kappa shape index (κ3) is 6.88. The summed E-state index contributed by atoms with van der Waals surface area (Å²) in [6.45, 7) is 0. The van der Waals surface area contributed by atoms with Crippen LogP contribution < -0.4 is 0 Å². The van der Waals surface area contributed by atoms with Gasteiger partial charge in [0.15, 0.2) is 0 Å². The molecule has 0 bridgehead atoms. The maximum atomic E-state index is 6.42. The predicted molar refractivity (Wildman–Crippen MR) is 329 cm³/mol. The van der Waals surface area contributed by atoms with E-state index < -0.39 is 0 Å². The average molecular weight is 975 g/mol. The lowest BCUT2D eigenvalue weighted by molar-refractivity contribution is 0.669. The Morgan fingerprint density at radius 1 is 0.182 bits per heavy atom. The van der Waals surface area contributed by atoms with Crippen LogP contribution in [0.1, 0.15) is 0 Å². The fraction of sp³-hybridized carbons (Fsp3) is 0. The Morgan fingerprint density at radius 2 is 0.532 bits per heavy atom. The Labute approximate surface area is 445 Å². The van der Waals surface area contributed by atoms with Gasteiger partial charge in [0, 0.05) is 10.8 Å². The molecule has 1 nitrogen and oxygen atoms in total. The van der Waals surface area contributed by atoms with Crippen molar-refractivity contribution in [2.24, 2.45) is 0 Å². The van der Waals surface area contributed by atoms with Crippen LogP contribution in [-0.2, 0) is 0 Å². The molecule has 356 valence electrons. The number of para-hydroxylation sites is 1. The minimum Gasteiger partial charge on any atom is -0.456 e. The molecular formula is C76H46O. The van der Waals surface area contributed by atoms with Crippen molar-refractivity contribution in [3.8, 4) is 66.8 Å². The summed E-state index contributed by atoms with van der Waals surface area (Å²) >= 11 is 0. The van der Waals surface area contributed by atoms with Crippen molar-refractivity contribution < 1.29 is 4.42 Å². The van der Waals surface area contributed by atoms with E-state index in [0.717, 1.165) is 21.9 Å². The van der Waals surface area contributed by atoms with Gasteiger partial charge in [0.25, 0.3) is 0 Å². The first kappa shape index (κ1) is 43.3. The third-order valence-corrected chi connectivity index (χ3v) is 16.4. The van der Waals surface area contributed by atoms with Gasteiger partial charge in [-0.3, -0.25) is 0 Å². The average Bonchev–Trinajstić information content (AvgIpc) is 3.89. The molecule has 0 spiro atoms. The highest BCUT2D eigenvalue weighted by atomic mass is 16.3. The van der Waals surface area contributed by atoms with Crippen LogP contribution in [0.25, 0.3) is 164 Å². The lowest BCUT2D eigenvalue weighted by Gasteiger charge is -2.19. The van der Waals surface area contributed by atoms with Gasteiger partial charge in [0.1, 0.15) is 11.2 Å². The van der Waals surface area contributed by atoms with Crippen LogP contribution in [0.3, 0.4) is 0 Å². The zero-order chi connectivity index (χ0) is 50.6. The molecule has 16 aromatic rings. The van der Waals surface area contributed by atoms with Crippen molar-refractivity contribution >= 4 is 97.3 Å². The molecule has 15 aromatic carbocycles. The number of furan rings is 1. The first-order chi connectivity index (χ1) is 38.2. The fourth-order valence-electron chi connectivity index (χ4n) is 12.9. The number of fused-ring (bicyclic) bond motifs is 10.